The van der Waals surface area contributed by atoms with Crippen LogP contribution in [-0.4, -0.2) is 59.9 Å². The molecule has 0 fully saturated rings. The molecule has 56 heavy (non-hydrogen) atoms. The fourth-order valence-corrected chi connectivity index (χ4v) is 6.37. The number of carboxylic acids is 1. The Labute approximate surface area is 339 Å². The number of phosphoric ester groups is 1. The van der Waals surface area contributed by atoms with Crippen LogP contribution < -0.4 is 5.73 Å². The largest absolute Gasteiger partial charge is 0.480 e. The predicted octanol–water partition coefficient (Wildman–Crippen LogP) is 11.4. The average molecular weight is 812 g/mol. The van der Waals surface area contributed by atoms with Crippen LogP contribution in [0.5, 0.6) is 0 Å². The highest BCUT2D eigenvalue weighted by Crippen LogP contribution is 2.43. The van der Waals surface area contributed by atoms with Crippen LogP contribution in [0.2, 0.25) is 0 Å². The molecular formula is C44H78NO10P. The second-order valence-corrected chi connectivity index (χ2v) is 15.9. The first-order valence-corrected chi connectivity index (χ1v) is 23.2. The maximum atomic E-state index is 12.6. The van der Waals surface area contributed by atoms with Crippen molar-refractivity contribution < 1.29 is 47.5 Å². The summed E-state index contributed by atoms with van der Waals surface area (Å²) in [4.78, 5) is 45.9. The van der Waals surface area contributed by atoms with Crippen LogP contribution in [0.4, 0.5) is 0 Å². The average Bonchev–Trinajstić information content (AvgIpc) is 3.17. The Morgan fingerprint density at radius 2 is 0.946 bits per heavy atom. The van der Waals surface area contributed by atoms with Crippen molar-refractivity contribution in [3.05, 3.63) is 48.6 Å². The first kappa shape index (κ1) is 53.4. The number of nitrogens with two attached hydrogens (primary N) is 1. The standard InChI is InChI=1S/C44H78NO10P/c1-3-5-7-9-11-13-15-17-19-20-22-23-25-27-29-31-33-35-42(46)52-37-40(38-53-56(50,51)54-39-41(45)44(48)49)55-43(47)36-34-32-30-28-26-24-21-18-16-14-12-10-8-6-4-2/h11,13,17-19,21-23,40-41H,3-10,12,14-16,20,24-39,45H2,1-2H3,(H,48,49)(H,50,51)/t40-,41+/m1/s1. The highest BCUT2D eigenvalue weighted by Gasteiger charge is 2.28. The van der Waals surface area contributed by atoms with Gasteiger partial charge in [0.15, 0.2) is 6.10 Å². The minimum absolute atomic E-state index is 0.145. The Kier molecular flexibility index (Phi) is 37.5. The maximum Gasteiger partial charge on any atom is 0.472 e. The fraction of sp³-hybridized carbons (Fsp3) is 0.750. The van der Waals surface area contributed by atoms with E-state index in [2.05, 4.69) is 67.0 Å². The Morgan fingerprint density at radius 3 is 1.46 bits per heavy atom. The topological polar surface area (TPSA) is 172 Å². The van der Waals surface area contributed by atoms with Gasteiger partial charge in [-0.1, -0.05) is 140 Å². The lowest BCUT2D eigenvalue weighted by molar-refractivity contribution is -0.161. The SMILES string of the molecule is CCCCCC=CCC=CCC=CCCCCCCC(=O)OC[C@H](COP(=O)(O)OC[C@H](N)C(=O)O)OC(=O)CCCCCCCC=CCCCCCCCC. The molecule has 0 aliphatic carbocycles. The summed E-state index contributed by atoms with van der Waals surface area (Å²) in [5.74, 6) is -2.42. The molecule has 0 aromatic heterocycles. The third kappa shape index (κ3) is 38.3. The molecule has 0 aromatic carbocycles. The van der Waals surface area contributed by atoms with E-state index in [9.17, 15) is 23.8 Å². The molecule has 324 valence electrons. The number of carboxylic acid groups (broad SMARTS) is 1. The van der Waals surface area contributed by atoms with Crippen LogP contribution >= 0.6 is 7.82 Å². The molecule has 3 atom stereocenters. The second kappa shape index (κ2) is 39.3. The number of unbranched alkanes of at least 4 members (excludes halogenated alkanes) is 18. The van der Waals surface area contributed by atoms with Gasteiger partial charge in [-0.15, -0.1) is 0 Å². The summed E-state index contributed by atoms with van der Waals surface area (Å²) in [6.45, 7) is 2.73. The number of phosphoric acid groups is 1. The van der Waals surface area contributed by atoms with E-state index >= 15 is 0 Å². The van der Waals surface area contributed by atoms with Gasteiger partial charge in [-0.05, 0) is 77.0 Å². The van der Waals surface area contributed by atoms with E-state index in [1.807, 2.05) is 0 Å². The minimum atomic E-state index is -4.72. The molecule has 0 saturated heterocycles. The van der Waals surface area contributed by atoms with E-state index in [4.69, 9.17) is 24.8 Å². The van der Waals surface area contributed by atoms with Crippen molar-refractivity contribution in [1.82, 2.24) is 0 Å². The smallest absolute Gasteiger partial charge is 0.472 e. The molecule has 0 amide bonds. The van der Waals surface area contributed by atoms with Crippen molar-refractivity contribution in [2.75, 3.05) is 19.8 Å². The number of ether oxygens (including phenoxy) is 2. The van der Waals surface area contributed by atoms with Gasteiger partial charge in [0.25, 0.3) is 0 Å². The number of carbonyl (C=O) groups is 3. The summed E-state index contributed by atoms with van der Waals surface area (Å²) >= 11 is 0. The Morgan fingerprint density at radius 1 is 0.554 bits per heavy atom. The van der Waals surface area contributed by atoms with Gasteiger partial charge in [0.05, 0.1) is 13.2 Å². The molecule has 1 unspecified atom stereocenters. The molecule has 0 aromatic rings. The molecule has 0 heterocycles. The lowest BCUT2D eigenvalue weighted by atomic mass is 10.1. The van der Waals surface area contributed by atoms with E-state index < -0.39 is 51.1 Å². The number of rotatable bonds is 40. The number of aliphatic carboxylic acids is 1. The van der Waals surface area contributed by atoms with Crippen molar-refractivity contribution >= 4 is 25.7 Å². The fourth-order valence-electron chi connectivity index (χ4n) is 5.59. The predicted molar refractivity (Wildman–Crippen MR) is 226 cm³/mol. The molecule has 4 N–H and O–H groups in total. The van der Waals surface area contributed by atoms with Gasteiger partial charge >= 0.3 is 25.7 Å². The monoisotopic (exact) mass is 812 g/mol. The number of carbonyl (C=O) groups excluding carboxylic acids is 2. The summed E-state index contributed by atoms with van der Waals surface area (Å²) < 4.78 is 32.7. The van der Waals surface area contributed by atoms with Crippen LogP contribution in [0.3, 0.4) is 0 Å². The zero-order valence-corrected chi connectivity index (χ0v) is 35.9. The Hall–Kier alpha value is -2.56. The number of hydrogen-bond donors (Lipinski definition) is 3. The van der Waals surface area contributed by atoms with E-state index in [1.165, 1.54) is 57.8 Å². The molecular weight excluding hydrogens is 733 g/mol. The molecule has 0 aliphatic rings. The third-order valence-electron chi connectivity index (χ3n) is 9.05. The van der Waals surface area contributed by atoms with Gasteiger partial charge in [0, 0.05) is 12.8 Å². The van der Waals surface area contributed by atoms with Gasteiger partial charge < -0.3 is 25.2 Å². The first-order valence-electron chi connectivity index (χ1n) is 21.7. The zero-order valence-electron chi connectivity index (χ0n) is 35.0. The first-order chi connectivity index (χ1) is 27.1. The summed E-state index contributed by atoms with van der Waals surface area (Å²) in [6, 6.07) is -1.53. The zero-order chi connectivity index (χ0) is 41.4. The summed E-state index contributed by atoms with van der Waals surface area (Å²) in [5, 5.41) is 8.88. The number of hydrogen-bond acceptors (Lipinski definition) is 9. The summed E-state index contributed by atoms with van der Waals surface area (Å²) in [6.07, 6.45) is 43.1. The Bertz CT molecular complexity index is 1140. The van der Waals surface area contributed by atoms with Crippen LogP contribution in [0.15, 0.2) is 48.6 Å². The van der Waals surface area contributed by atoms with Crippen molar-refractivity contribution in [1.29, 1.82) is 0 Å². The molecule has 0 spiro atoms. The van der Waals surface area contributed by atoms with Crippen molar-refractivity contribution in [2.45, 2.75) is 193 Å². The van der Waals surface area contributed by atoms with Crippen LogP contribution in [0, 0.1) is 0 Å². The minimum Gasteiger partial charge on any atom is -0.480 e. The Balaban J connectivity index is 4.43. The molecule has 0 bridgehead atoms. The highest BCUT2D eigenvalue weighted by molar-refractivity contribution is 7.47. The quantitative estimate of drug-likeness (QED) is 0.0233. The van der Waals surface area contributed by atoms with E-state index in [0.29, 0.717) is 12.8 Å². The number of allylic oxidation sites excluding steroid dienone is 8. The van der Waals surface area contributed by atoms with Gasteiger partial charge in [0.1, 0.15) is 12.6 Å². The van der Waals surface area contributed by atoms with Crippen LogP contribution in [-0.2, 0) is 37.5 Å². The van der Waals surface area contributed by atoms with Crippen molar-refractivity contribution in [2.24, 2.45) is 5.73 Å². The molecule has 0 radical (unpaired) electrons. The van der Waals surface area contributed by atoms with E-state index in [1.54, 1.807) is 0 Å². The van der Waals surface area contributed by atoms with Gasteiger partial charge in [-0.3, -0.25) is 23.4 Å². The summed E-state index contributed by atoms with van der Waals surface area (Å²) in [5.41, 5.74) is 5.33. The van der Waals surface area contributed by atoms with Crippen molar-refractivity contribution in [3.8, 4) is 0 Å². The van der Waals surface area contributed by atoms with Gasteiger partial charge in [-0.25, -0.2) is 4.57 Å². The third-order valence-corrected chi connectivity index (χ3v) is 10.0. The van der Waals surface area contributed by atoms with Crippen molar-refractivity contribution in [3.63, 3.8) is 0 Å². The molecule has 0 aliphatic heterocycles. The van der Waals surface area contributed by atoms with Gasteiger partial charge in [0.2, 0.25) is 0 Å². The van der Waals surface area contributed by atoms with Crippen LogP contribution in [0.25, 0.3) is 0 Å². The normalized spacial score (nSPS) is 14.2. The summed E-state index contributed by atoms with van der Waals surface area (Å²) in [7, 11) is -4.72. The maximum absolute atomic E-state index is 12.6. The van der Waals surface area contributed by atoms with E-state index in [-0.39, 0.29) is 19.4 Å². The van der Waals surface area contributed by atoms with Crippen LogP contribution in [0.1, 0.15) is 181 Å². The van der Waals surface area contributed by atoms with Gasteiger partial charge in [-0.2, -0.15) is 0 Å². The molecule has 0 saturated carbocycles. The second-order valence-electron chi connectivity index (χ2n) is 14.5. The molecule has 12 heteroatoms. The number of esters is 2. The molecule has 0 rings (SSSR count). The lowest BCUT2D eigenvalue weighted by Gasteiger charge is -2.20. The highest BCUT2D eigenvalue weighted by atomic mass is 31.2. The molecule has 11 nitrogen and oxygen atoms in total. The lowest BCUT2D eigenvalue weighted by Crippen LogP contribution is -2.34. The van der Waals surface area contributed by atoms with E-state index in [0.717, 1.165) is 83.5 Å².